The van der Waals surface area contributed by atoms with Gasteiger partial charge in [-0.2, -0.15) is 0 Å². The second kappa shape index (κ2) is 9.05. The average Bonchev–Trinajstić information content (AvgIpc) is 2.80. The van der Waals surface area contributed by atoms with Crippen LogP contribution in [0.2, 0.25) is 5.02 Å². The van der Waals surface area contributed by atoms with Crippen LogP contribution in [0.4, 0.5) is 16.2 Å². The van der Waals surface area contributed by atoms with E-state index < -0.39 is 0 Å². The molecule has 3 N–H and O–H groups in total. The van der Waals surface area contributed by atoms with Crippen LogP contribution in [0, 0.1) is 0 Å². The first-order valence-electron chi connectivity index (χ1n) is 11.0. The Bertz CT molecular complexity index is 1270. The summed E-state index contributed by atoms with van der Waals surface area (Å²) in [6.45, 7) is 0. The molecule has 0 bridgehead atoms. The van der Waals surface area contributed by atoms with Gasteiger partial charge in [-0.05, 0) is 72.9 Å². The lowest BCUT2D eigenvalue weighted by molar-refractivity contribution is 0.243. The zero-order chi connectivity index (χ0) is 21.9. The number of urea groups is 1. The number of aromatic nitrogens is 1. The highest BCUT2D eigenvalue weighted by molar-refractivity contribution is 6.31. The van der Waals surface area contributed by atoms with Crippen molar-refractivity contribution in [1.29, 1.82) is 0 Å². The number of benzene rings is 3. The molecule has 5 rings (SSSR count). The molecule has 32 heavy (non-hydrogen) atoms. The van der Waals surface area contributed by atoms with Gasteiger partial charge in [0.1, 0.15) is 0 Å². The number of rotatable bonds is 4. The third-order valence-corrected chi connectivity index (χ3v) is 6.37. The van der Waals surface area contributed by atoms with Gasteiger partial charge in [-0.15, -0.1) is 0 Å². The summed E-state index contributed by atoms with van der Waals surface area (Å²) in [5.74, 6) is 0. The largest absolute Gasteiger partial charge is 0.382 e. The van der Waals surface area contributed by atoms with Crippen LogP contribution in [0.15, 0.2) is 72.9 Å². The van der Waals surface area contributed by atoms with Gasteiger partial charge in [0.2, 0.25) is 0 Å². The number of anilines is 2. The van der Waals surface area contributed by atoms with Crippen LogP contribution >= 0.6 is 11.6 Å². The van der Waals surface area contributed by atoms with Gasteiger partial charge in [-0.3, -0.25) is 4.98 Å². The quantitative estimate of drug-likeness (QED) is 0.332. The van der Waals surface area contributed by atoms with E-state index in [1.54, 1.807) is 0 Å². The van der Waals surface area contributed by atoms with E-state index in [0.717, 1.165) is 58.7 Å². The molecule has 6 heteroatoms. The standard InChI is InChI=1S/C26H25ClN4O/c27-19-6-12-23-24(13-14-28-25(23)16-19)29-20-8-10-21(11-9-20)30-26(32)31-22-7-5-17-3-1-2-4-18(17)15-22/h1-7,12-16,20-21H,8-11H2,(H,28,29)(H2,30,31,32). The Kier molecular flexibility index (Phi) is 5.82. The molecule has 1 heterocycles. The molecule has 5 nitrogen and oxygen atoms in total. The van der Waals surface area contributed by atoms with E-state index >= 15 is 0 Å². The summed E-state index contributed by atoms with van der Waals surface area (Å²) < 4.78 is 0. The summed E-state index contributed by atoms with van der Waals surface area (Å²) in [7, 11) is 0. The monoisotopic (exact) mass is 444 g/mol. The minimum atomic E-state index is -0.145. The third kappa shape index (κ3) is 4.63. The summed E-state index contributed by atoms with van der Waals surface area (Å²) in [4.78, 5) is 16.9. The van der Waals surface area contributed by atoms with Crippen molar-refractivity contribution in [3.63, 3.8) is 0 Å². The third-order valence-electron chi connectivity index (χ3n) is 6.13. The van der Waals surface area contributed by atoms with Crippen LogP contribution in [0.3, 0.4) is 0 Å². The predicted octanol–water partition coefficient (Wildman–Crippen LogP) is 6.59. The summed E-state index contributed by atoms with van der Waals surface area (Å²) >= 11 is 6.10. The number of carbonyl (C=O) groups excluding carboxylic acids is 1. The van der Waals surface area contributed by atoms with E-state index in [2.05, 4.69) is 27.0 Å². The van der Waals surface area contributed by atoms with Gasteiger partial charge in [-0.25, -0.2) is 4.79 Å². The first-order valence-corrected chi connectivity index (χ1v) is 11.4. The minimum Gasteiger partial charge on any atom is -0.382 e. The number of pyridine rings is 1. The summed E-state index contributed by atoms with van der Waals surface area (Å²) in [5, 5.41) is 13.8. The van der Waals surface area contributed by atoms with E-state index in [-0.39, 0.29) is 12.1 Å². The number of carbonyl (C=O) groups is 1. The van der Waals surface area contributed by atoms with Crippen molar-refractivity contribution in [2.45, 2.75) is 37.8 Å². The number of hydrogen-bond donors (Lipinski definition) is 3. The lowest BCUT2D eigenvalue weighted by Gasteiger charge is -2.30. The Balaban J connectivity index is 1.15. The maximum Gasteiger partial charge on any atom is 0.319 e. The van der Waals surface area contributed by atoms with Gasteiger partial charge in [0.15, 0.2) is 0 Å². The van der Waals surface area contributed by atoms with Crippen molar-refractivity contribution in [3.8, 4) is 0 Å². The van der Waals surface area contributed by atoms with Crippen LogP contribution < -0.4 is 16.0 Å². The normalized spacial score (nSPS) is 18.4. The molecule has 0 radical (unpaired) electrons. The Morgan fingerprint density at radius 3 is 2.50 bits per heavy atom. The Morgan fingerprint density at radius 1 is 0.875 bits per heavy atom. The van der Waals surface area contributed by atoms with Crippen molar-refractivity contribution in [1.82, 2.24) is 10.3 Å². The van der Waals surface area contributed by atoms with Crippen molar-refractivity contribution in [3.05, 3.63) is 77.9 Å². The van der Waals surface area contributed by atoms with Gasteiger partial charge < -0.3 is 16.0 Å². The number of hydrogen-bond acceptors (Lipinski definition) is 3. The molecule has 3 aromatic carbocycles. The Morgan fingerprint density at radius 2 is 1.66 bits per heavy atom. The summed E-state index contributed by atoms with van der Waals surface area (Å²) in [6.07, 6.45) is 5.69. The van der Waals surface area contributed by atoms with Crippen molar-refractivity contribution in [2.24, 2.45) is 0 Å². The molecular formula is C26H25ClN4O. The molecule has 4 aromatic rings. The fourth-order valence-corrected chi connectivity index (χ4v) is 4.64. The fraction of sp³-hybridized carbons (Fsp3) is 0.231. The van der Waals surface area contributed by atoms with Crippen molar-refractivity contribution in [2.75, 3.05) is 10.6 Å². The molecule has 1 fully saturated rings. The number of nitrogens with zero attached hydrogens (tertiary/aromatic N) is 1. The molecule has 1 aliphatic carbocycles. The van der Waals surface area contributed by atoms with Crippen molar-refractivity contribution < 1.29 is 4.79 Å². The highest BCUT2D eigenvalue weighted by atomic mass is 35.5. The summed E-state index contributed by atoms with van der Waals surface area (Å²) in [5.41, 5.74) is 2.78. The molecule has 2 amide bonds. The van der Waals surface area contributed by atoms with E-state index in [9.17, 15) is 4.79 Å². The van der Waals surface area contributed by atoms with E-state index in [0.29, 0.717) is 11.1 Å². The molecule has 162 valence electrons. The molecule has 0 spiro atoms. The van der Waals surface area contributed by atoms with Gasteiger partial charge in [0, 0.05) is 40.1 Å². The Labute approximate surface area is 192 Å². The van der Waals surface area contributed by atoms with E-state index in [1.807, 2.05) is 66.9 Å². The van der Waals surface area contributed by atoms with Crippen LogP contribution in [0.1, 0.15) is 25.7 Å². The van der Waals surface area contributed by atoms with Crippen LogP contribution in [0.5, 0.6) is 0 Å². The molecule has 0 saturated heterocycles. The predicted molar refractivity (Wildman–Crippen MR) is 133 cm³/mol. The zero-order valence-electron chi connectivity index (χ0n) is 17.6. The second-order valence-corrected chi connectivity index (χ2v) is 8.81. The highest BCUT2D eigenvalue weighted by Crippen LogP contribution is 2.28. The molecule has 1 aromatic heterocycles. The van der Waals surface area contributed by atoms with Gasteiger partial charge in [0.25, 0.3) is 0 Å². The topological polar surface area (TPSA) is 66.1 Å². The number of amides is 2. The van der Waals surface area contributed by atoms with Crippen LogP contribution in [0.25, 0.3) is 21.7 Å². The lowest BCUT2D eigenvalue weighted by Crippen LogP contribution is -2.42. The molecule has 0 atom stereocenters. The van der Waals surface area contributed by atoms with Gasteiger partial charge in [0.05, 0.1) is 5.52 Å². The van der Waals surface area contributed by atoms with E-state index in [4.69, 9.17) is 11.6 Å². The number of halogens is 1. The molecule has 1 aliphatic rings. The van der Waals surface area contributed by atoms with Crippen LogP contribution in [-0.2, 0) is 0 Å². The second-order valence-electron chi connectivity index (χ2n) is 8.37. The maximum atomic E-state index is 12.5. The first kappa shape index (κ1) is 20.6. The van der Waals surface area contributed by atoms with Gasteiger partial charge in [-0.1, -0.05) is 41.9 Å². The van der Waals surface area contributed by atoms with Crippen LogP contribution in [-0.4, -0.2) is 23.1 Å². The lowest BCUT2D eigenvalue weighted by atomic mass is 9.91. The maximum absolute atomic E-state index is 12.5. The molecule has 0 aliphatic heterocycles. The average molecular weight is 445 g/mol. The smallest absolute Gasteiger partial charge is 0.319 e. The molecular weight excluding hydrogens is 420 g/mol. The molecule has 1 saturated carbocycles. The van der Waals surface area contributed by atoms with Gasteiger partial charge >= 0.3 is 6.03 Å². The SMILES string of the molecule is O=C(Nc1ccc2ccccc2c1)NC1CCC(Nc2ccnc3cc(Cl)ccc23)CC1. The number of nitrogens with one attached hydrogen (secondary N) is 3. The summed E-state index contributed by atoms with van der Waals surface area (Å²) in [6, 6.07) is 22.3. The number of fused-ring (bicyclic) bond motifs is 2. The minimum absolute atomic E-state index is 0.145. The molecule has 0 unspecified atom stereocenters. The van der Waals surface area contributed by atoms with E-state index in [1.165, 1.54) is 0 Å². The van der Waals surface area contributed by atoms with Crippen molar-refractivity contribution >= 4 is 50.7 Å². The fourth-order valence-electron chi connectivity index (χ4n) is 4.47. The zero-order valence-corrected chi connectivity index (χ0v) is 18.4. The highest BCUT2D eigenvalue weighted by Gasteiger charge is 2.23. The Hall–Kier alpha value is -3.31. The first-order chi connectivity index (χ1) is 15.6.